The van der Waals surface area contributed by atoms with Crippen LogP contribution in [0.15, 0.2) is 36.8 Å². The molecule has 0 spiro atoms. The van der Waals surface area contributed by atoms with E-state index < -0.39 is 11.7 Å². The average molecular weight is 268 g/mol. The Bertz CT molecular complexity index is 539. The van der Waals surface area contributed by atoms with E-state index in [0.717, 1.165) is 23.4 Å². The highest BCUT2D eigenvalue weighted by Crippen LogP contribution is 2.29. The molecule has 5 heteroatoms. The van der Waals surface area contributed by atoms with Gasteiger partial charge in [0.1, 0.15) is 0 Å². The van der Waals surface area contributed by atoms with Gasteiger partial charge in [-0.1, -0.05) is 26.0 Å². The second-order valence-electron chi connectivity index (χ2n) is 4.80. The predicted molar refractivity (Wildman–Crippen MR) is 66.9 cm³/mol. The van der Waals surface area contributed by atoms with Gasteiger partial charge in [0.25, 0.3) is 0 Å². The van der Waals surface area contributed by atoms with Gasteiger partial charge in [0.15, 0.2) is 0 Å². The maximum atomic E-state index is 12.5. The molecule has 0 unspecified atom stereocenters. The van der Waals surface area contributed by atoms with Crippen LogP contribution in [0.3, 0.4) is 0 Å². The van der Waals surface area contributed by atoms with Gasteiger partial charge in [0, 0.05) is 18.4 Å². The van der Waals surface area contributed by atoms with Gasteiger partial charge >= 0.3 is 6.18 Å². The Morgan fingerprint density at radius 3 is 2.32 bits per heavy atom. The Kier molecular flexibility index (Phi) is 3.64. The fourth-order valence-electron chi connectivity index (χ4n) is 1.94. The van der Waals surface area contributed by atoms with Crippen molar-refractivity contribution in [3.63, 3.8) is 0 Å². The lowest BCUT2D eigenvalue weighted by Crippen LogP contribution is -2.07. The van der Waals surface area contributed by atoms with Gasteiger partial charge in [-0.15, -0.1) is 0 Å². The summed E-state index contributed by atoms with van der Waals surface area (Å²) in [7, 11) is 0. The van der Waals surface area contributed by atoms with Gasteiger partial charge in [0.2, 0.25) is 0 Å². The second kappa shape index (κ2) is 5.07. The lowest BCUT2D eigenvalue weighted by Gasteiger charge is -2.12. The largest absolute Gasteiger partial charge is 0.416 e. The molecular formula is C14H15F3N2. The first-order chi connectivity index (χ1) is 8.88. The molecule has 1 aromatic carbocycles. The number of alkyl halides is 3. The molecule has 0 bridgehead atoms. The molecule has 0 fully saturated rings. The molecule has 1 aromatic heterocycles. The minimum absolute atomic E-state index is 0.331. The third-order valence-corrected chi connectivity index (χ3v) is 2.97. The first kappa shape index (κ1) is 13.6. The van der Waals surface area contributed by atoms with Crippen LogP contribution in [0.2, 0.25) is 0 Å². The van der Waals surface area contributed by atoms with Crippen molar-refractivity contribution >= 4 is 0 Å². The number of aromatic nitrogens is 2. The summed E-state index contributed by atoms with van der Waals surface area (Å²) in [6.07, 6.45) is -0.793. The zero-order valence-corrected chi connectivity index (χ0v) is 10.8. The number of halogens is 3. The van der Waals surface area contributed by atoms with Gasteiger partial charge in [-0.25, -0.2) is 4.98 Å². The summed E-state index contributed by atoms with van der Waals surface area (Å²) in [5.41, 5.74) is 1.28. The van der Waals surface area contributed by atoms with Crippen molar-refractivity contribution < 1.29 is 13.2 Å². The van der Waals surface area contributed by atoms with Crippen LogP contribution in [0.25, 0.3) is 0 Å². The van der Waals surface area contributed by atoms with E-state index in [4.69, 9.17) is 0 Å². The molecule has 0 radical (unpaired) electrons. The minimum Gasteiger partial charge on any atom is -0.330 e. The molecular weight excluding hydrogens is 253 g/mol. The molecule has 1 heterocycles. The van der Waals surface area contributed by atoms with E-state index in [-0.39, 0.29) is 0 Å². The van der Waals surface area contributed by atoms with Crippen LogP contribution in [0.1, 0.15) is 36.6 Å². The fraction of sp³-hybridized carbons (Fsp3) is 0.357. The zero-order chi connectivity index (χ0) is 14.0. The zero-order valence-electron chi connectivity index (χ0n) is 10.8. The summed E-state index contributed by atoms with van der Waals surface area (Å²) >= 11 is 0. The SMILES string of the molecule is CC(C)c1cncn1Cc1ccc(C(F)(F)F)cc1. The molecule has 19 heavy (non-hydrogen) atoms. The molecule has 0 N–H and O–H groups in total. The van der Waals surface area contributed by atoms with E-state index in [1.165, 1.54) is 12.1 Å². The van der Waals surface area contributed by atoms with Crippen LogP contribution in [-0.2, 0) is 12.7 Å². The molecule has 0 saturated heterocycles. The maximum Gasteiger partial charge on any atom is 0.416 e. The third-order valence-electron chi connectivity index (χ3n) is 2.97. The van der Waals surface area contributed by atoms with Crippen LogP contribution < -0.4 is 0 Å². The van der Waals surface area contributed by atoms with Crippen LogP contribution in [0, 0.1) is 0 Å². The van der Waals surface area contributed by atoms with Gasteiger partial charge in [-0.3, -0.25) is 0 Å². The molecule has 2 aromatic rings. The van der Waals surface area contributed by atoms with E-state index in [0.29, 0.717) is 12.5 Å². The maximum absolute atomic E-state index is 12.5. The second-order valence-corrected chi connectivity index (χ2v) is 4.80. The summed E-state index contributed by atoms with van der Waals surface area (Å²) < 4.78 is 39.3. The number of rotatable bonds is 3. The predicted octanol–water partition coefficient (Wildman–Crippen LogP) is 4.07. The summed E-state index contributed by atoms with van der Waals surface area (Å²) in [4.78, 5) is 4.08. The highest BCUT2D eigenvalue weighted by atomic mass is 19.4. The minimum atomic E-state index is -4.28. The van der Waals surface area contributed by atoms with E-state index in [9.17, 15) is 13.2 Å². The molecule has 0 atom stereocenters. The Morgan fingerprint density at radius 1 is 1.16 bits per heavy atom. The van der Waals surface area contributed by atoms with Crippen LogP contribution >= 0.6 is 0 Å². The summed E-state index contributed by atoms with van der Waals surface area (Å²) in [6, 6.07) is 5.24. The number of nitrogens with zero attached hydrogens (tertiary/aromatic N) is 2. The standard InChI is InChI=1S/C14H15F3N2/c1-10(2)13-7-18-9-19(13)8-11-3-5-12(6-4-11)14(15,16)17/h3-7,9-10H,8H2,1-2H3. The smallest absolute Gasteiger partial charge is 0.330 e. The number of benzene rings is 1. The van der Waals surface area contributed by atoms with Crippen molar-refractivity contribution in [2.45, 2.75) is 32.5 Å². The lowest BCUT2D eigenvalue weighted by molar-refractivity contribution is -0.137. The summed E-state index contributed by atoms with van der Waals surface area (Å²) in [5.74, 6) is 0.331. The Labute approximate surface area is 109 Å². The lowest BCUT2D eigenvalue weighted by atomic mass is 10.1. The summed E-state index contributed by atoms with van der Waals surface area (Å²) in [5, 5.41) is 0. The molecule has 2 nitrogen and oxygen atoms in total. The van der Waals surface area contributed by atoms with Crippen molar-refractivity contribution in [2.24, 2.45) is 0 Å². The topological polar surface area (TPSA) is 17.8 Å². The van der Waals surface area contributed by atoms with E-state index in [1.54, 1.807) is 12.5 Å². The molecule has 0 aliphatic rings. The highest BCUT2D eigenvalue weighted by Gasteiger charge is 2.29. The molecule has 0 aliphatic carbocycles. The van der Waals surface area contributed by atoms with E-state index in [2.05, 4.69) is 18.8 Å². The van der Waals surface area contributed by atoms with Crippen molar-refractivity contribution in [3.05, 3.63) is 53.6 Å². The molecule has 0 saturated carbocycles. The number of hydrogen-bond donors (Lipinski definition) is 0. The first-order valence-corrected chi connectivity index (χ1v) is 6.04. The molecule has 102 valence electrons. The van der Waals surface area contributed by atoms with E-state index >= 15 is 0 Å². The van der Waals surface area contributed by atoms with Crippen molar-refractivity contribution in [2.75, 3.05) is 0 Å². The van der Waals surface area contributed by atoms with Crippen LogP contribution in [-0.4, -0.2) is 9.55 Å². The van der Waals surface area contributed by atoms with Crippen molar-refractivity contribution in [1.29, 1.82) is 0 Å². The van der Waals surface area contributed by atoms with Gasteiger partial charge < -0.3 is 4.57 Å². The monoisotopic (exact) mass is 268 g/mol. The summed E-state index contributed by atoms with van der Waals surface area (Å²) in [6.45, 7) is 4.65. The van der Waals surface area contributed by atoms with Crippen molar-refractivity contribution in [3.8, 4) is 0 Å². The number of imidazole rings is 1. The molecule has 0 aliphatic heterocycles. The average Bonchev–Trinajstić information content (AvgIpc) is 2.77. The Hall–Kier alpha value is -1.78. The number of hydrogen-bond acceptors (Lipinski definition) is 1. The first-order valence-electron chi connectivity index (χ1n) is 6.04. The molecule has 0 amide bonds. The third kappa shape index (κ3) is 3.16. The Balaban J connectivity index is 2.18. The quantitative estimate of drug-likeness (QED) is 0.820. The van der Waals surface area contributed by atoms with E-state index in [1.807, 2.05) is 4.57 Å². The van der Waals surface area contributed by atoms with Gasteiger partial charge in [-0.05, 0) is 23.6 Å². The highest BCUT2D eigenvalue weighted by molar-refractivity contribution is 5.25. The Morgan fingerprint density at radius 2 is 1.79 bits per heavy atom. The normalized spacial score (nSPS) is 12.1. The van der Waals surface area contributed by atoms with Gasteiger partial charge in [0.05, 0.1) is 11.9 Å². The molecule has 2 rings (SSSR count). The van der Waals surface area contributed by atoms with Crippen LogP contribution in [0.4, 0.5) is 13.2 Å². The fourth-order valence-corrected chi connectivity index (χ4v) is 1.94. The van der Waals surface area contributed by atoms with Crippen LogP contribution in [0.5, 0.6) is 0 Å². The van der Waals surface area contributed by atoms with Crippen molar-refractivity contribution in [1.82, 2.24) is 9.55 Å². The van der Waals surface area contributed by atoms with Gasteiger partial charge in [-0.2, -0.15) is 13.2 Å².